The van der Waals surface area contributed by atoms with Gasteiger partial charge in [0.1, 0.15) is 13.2 Å². The van der Waals surface area contributed by atoms with Gasteiger partial charge in [0.2, 0.25) is 0 Å². The van der Waals surface area contributed by atoms with Crippen LogP contribution in [0.3, 0.4) is 0 Å². The van der Waals surface area contributed by atoms with Crippen LogP contribution in [0.5, 0.6) is 0 Å². The molecule has 5 aliphatic carbocycles. The van der Waals surface area contributed by atoms with Crippen LogP contribution in [0.2, 0.25) is 0 Å². The summed E-state index contributed by atoms with van der Waals surface area (Å²) in [5, 5.41) is 0. The first-order valence-corrected chi connectivity index (χ1v) is 11.7. The number of hydrogen-bond acceptors (Lipinski definition) is 2. The summed E-state index contributed by atoms with van der Waals surface area (Å²) in [6, 6.07) is 0. The van der Waals surface area contributed by atoms with Gasteiger partial charge in [0.05, 0.1) is 0 Å². The summed E-state index contributed by atoms with van der Waals surface area (Å²) in [6.45, 7) is 3.85. The average molecular weight is 510 g/mol. The Balaban J connectivity index is 0.000000963. The smallest absolute Gasteiger partial charge is 0.486 e. The molecule has 0 amide bonds. The number of fused-ring (bicyclic) bond motifs is 5. The molecule has 0 aromatic carbocycles. The Morgan fingerprint density at radius 3 is 1.78 bits per heavy atom. The van der Waals surface area contributed by atoms with Gasteiger partial charge in [0.25, 0.3) is 0 Å². The minimum absolute atomic E-state index is 0. The third-order valence-electron chi connectivity index (χ3n) is 8.63. The zero-order valence-electron chi connectivity index (χ0n) is 19.8. The summed E-state index contributed by atoms with van der Waals surface area (Å²) in [6.07, 6.45) is 27.8. The van der Waals surface area contributed by atoms with Crippen molar-refractivity contribution in [2.75, 3.05) is 13.2 Å². The summed E-state index contributed by atoms with van der Waals surface area (Å²) in [5.41, 5.74) is 0. The second-order valence-electron chi connectivity index (χ2n) is 9.97. The maximum absolute atomic E-state index is 5.93. The van der Waals surface area contributed by atoms with E-state index in [4.69, 9.17) is 9.47 Å². The molecule has 1 aliphatic heterocycles. The van der Waals surface area contributed by atoms with Crippen LogP contribution in [-0.2, 0) is 35.7 Å². The van der Waals surface area contributed by atoms with Gasteiger partial charge in [0, 0.05) is 0 Å². The van der Waals surface area contributed by atoms with Crippen molar-refractivity contribution in [1.82, 2.24) is 0 Å². The second kappa shape index (κ2) is 10.5. The Hall–Kier alpha value is -1.08. The first-order valence-electron chi connectivity index (χ1n) is 11.7. The van der Waals surface area contributed by atoms with E-state index < -0.39 is 0 Å². The van der Waals surface area contributed by atoms with Gasteiger partial charge in [-0.15, -0.1) is 0 Å². The molecule has 6 aliphatic rings. The fourth-order valence-electron chi connectivity index (χ4n) is 7.37. The van der Waals surface area contributed by atoms with E-state index in [1.165, 1.54) is 19.3 Å². The Kier molecular flexibility index (Phi) is 8.35. The first-order chi connectivity index (χ1) is 14.3. The summed E-state index contributed by atoms with van der Waals surface area (Å²) in [4.78, 5) is 0. The van der Waals surface area contributed by atoms with Gasteiger partial charge >= 0.3 is 26.2 Å². The summed E-state index contributed by atoms with van der Waals surface area (Å²) in [5.74, 6) is 8.40. The van der Waals surface area contributed by atoms with Crippen molar-refractivity contribution in [3.8, 4) is 0 Å². The zero-order chi connectivity index (χ0) is 19.4. The van der Waals surface area contributed by atoms with E-state index in [1.807, 2.05) is 0 Å². The van der Waals surface area contributed by atoms with Crippen LogP contribution in [0, 0.1) is 68.1 Å². The Morgan fingerprint density at radius 2 is 1.19 bits per heavy atom. The molecule has 0 aromatic heterocycles. The maximum Gasteiger partial charge on any atom is 4.00 e. The van der Waals surface area contributed by atoms with E-state index >= 15 is 0 Å². The van der Waals surface area contributed by atoms with E-state index in [2.05, 4.69) is 67.7 Å². The predicted molar refractivity (Wildman–Crippen MR) is 128 cm³/mol. The van der Waals surface area contributed by atoms with E-state index in [0.717, 1.165) is 29.3 Å². The number of hydrogen-bond donors (Lipinski definition) is 0. The zero-order valence-corrected chi connectivity index (χ0v) is 22.3. The van der Waals surface area contributed by atoms with Gasteiger partial charge in [-0.1, -0.05) is 55.5 Å². The fraction of sp³-hybridized carbons (Fsp3) is 0.517. The molecular weight excluding hydrogens is 472 g/mol. The SMILES string of the molecule is CC1CC2C=C3OCCOC3=CC2C1CCC1C2C=CC=CC2C2C=CC=CC21.[CH3-].[CH3-].[Zr+4]. The van der Waals surface area contributed by atoms with Crippen LogP contribution in [0.1, 0.15) is 26.2 Å². The van der Waals surface area contributed by atoms with E-state index in [9.17, 15) is 0 Å². The van der Waals surface area contributed by atoms with Gasteiger partial charge in [0.15, 0.2) is 11.5 Å². The van der Waals surface area contributed by atoms with Gasteiger partial charge < -0.3 is 24.3 Å². The molecule has 0 aromatic rings. The topological polar surface area (TPSA) is 18.5 Å². The maximum atomic E-state index is 5.93. The monoisotopic (exact) mass is 508 g/mol. The molecule has 8 unspecified atom stereocenters. The van der Waals surface area contributed by atoms with Gasteiger partial charge in [-0.05, 0) is 84.7 Å². The predicted octanol–water partition coefficient (Wildman–Crippen LogP) is 6.73. The standard InChI is InChI=1S/C27H32O2.2CH3.Zr/c1-17-14-18-15-26-27(29-13-12-28-26)16-25(18)19(17)10-11-24-22-8-4-2-6-20(22)21-7-3-5-9-23(21)24;;;/h2-9,15-25H,10-14H2,1H3;2*1H3;/q;2*-1;+4. The van der Waals surface area contributed by atoms with Crippen molar-refractivity contribution in [2.24, 2.45) is 53.3 Å². The molecular formula is C29H38O2Zr+2. The molecule has 0 N–H and O–H groups in total. The van der Waals surface area contributed by atoms with Gasteiger partial charge in [-0.2, -0.15) is 0 Å². The largest absolute Gasteiger partial charge is 4.00 e. The second-order valence-corrected chi connectivity index (χ2v) is 9.97. The molecule has 3 fully saturated rings. The number of ether oxygens (including phenoxy) is 2. The number of allylic oxidation sites excluding steroid dienone is 10. The van der Waals surface area contributed by atoms with Crippen molar-refractivity contribution in [3.05, 3.63) is 87.1 Å². The van der Waals surface area contributed by atoms with Crippen LogP contribution in [-0.4, -0.2) is 13.2 Å². The Labute approximate surface area is 214 Å². The van der Waals surface area contributed by atoms with Crippen LogP contribution in [0.4, 0.5) is 0 Å². The molecule has 1 saturated heterocycles. The normalized spacial score (nSPS) is 41.7. The van der Waals surface area contributed by atoms with E-state index in [0.29, 0.717) is 48.7 Å². The Morgan fingerprint density at radius 1 is 0.688 bits per heavy atom. The van der Waals surface area contributed by atoms with Crippen LogP contribution in [0.15, 0.2) is 72.3 Å². The molecule has 3 heteroatoms. The first kappa shape index (κ1) is 25.5. The van der Waals surface area contributed by atoms with E-state index in [-0.39, 0.29) is 41.1 Å². The molecule has 0 radical (unpaired) electrons. The molecule has 6 rings (SSSR count). The molecule has 168 valence electrons. The number of rotatable bonds is 3. The summed E-state index contributed by atoms with van der Waals surface area (Å²) >= 11 is 0. The molecule has 2 nitrogen and oxygen atoms in total. The van der Waals surface area contributed by atoms with Gasteiger partial charge in [-0.3, -0.25) is 0 Å². The molecule has 32 heavy (non-hydrogen) atoms. The molecule has 1 heterocycles. The van der Waals surface area contributed by atoms with Crippen molar-refractivity contribution < 1.29 is 35.7 Å². The third kappa shape index (κ3) is 4.24. The summed E-state index contributed by atoms with van der Waals surface area (Å²) in [7, 11) is 0. The minimum atomic E-state index is 0. The van der Waals surface area contributed by atoms with Crippen LogP contribution >= 0.6 is 0 Å². The molecule has 8 atom stereocenters. The van der Waals surface area contributed by atoms with Crippen molar-refractivity contribution in [3.63, 3.8) is 0 Å². The van der Waals surface area contributed by atoms with E-state index in [1.54, 1.807) is 0 Å². The van der Waals surface area contributed by atoms with Crippen LogP contribution < -0.4 is 0 Å². The van der Waals surface area contributed by atoms with Crippen LogP contribution in [0.25, 0.3) is 0 Å². The van der Waals surface area contributed by atoms with Gasteiger partial charge in [-0.25, -0.2) is 0 Å². The van der Waals surface area contributed by atoms with Crippen molar-refractivity contribution in [2.45, 2.75) is 26.2 Å². The van der Waals surface area contributed by atoms with Crippen molar-refractivity contribution >= 4 is 0 Å². The molecule has 0 spiro atoms. The molecule has 2 saturated carbocycles. The Bertz CT molecular complexity index is 813. The van der Waals surface area contributed by atoms with Crippen molar-refractivity contribution in [1.29, 1.82) is 0 Å². The molecule has 0 bridgehead atoms. The quantitative estimate of drug-likeness (QED) is 0.393. The summed E-state index contributed by atoms with van der Waals surface area (Å²) < 4.78 is 11.8. The third-order valence-corrected chi connectivity index (χ3v) is 8.63. The minimum Gasteiger partial charge on any atom is -0.486 e. The fourth-order valence-corrected chi connectivity index (χ4v) is 7.37. The average Bonchev–Trinajstić information content (AvgIpc) is 3.24.